The molecule has 0 saturated heterocycles. The number of halogens is 3. The molecule has 0 spiro atoms. The number of benzene rings is 1. The fourth-order valence-corrected chi connectivity index (χ4v) is 3.04. The number of rotatable bonds is 6. The number of nitrogens with zero attached hydrogens (tertiary/aromatic N) is 1. The summed E-state index contributed by atoms with van der Waals surface area (Å²) in [6.45, 7) is 0.498. The van der Waals surface area contributed by atoms with Gasteiger partial charge in [0.05, 0.1) is 16.7 Å². The Morgan fingerprint density at radius 2 is 1.80 bits per heavy atom. The van der Waals surface area contributed by atoms with Crippen molar-refractivity contribution in [2.75, 3.05) is 26.5 Å². The Morgan fingerprint density at radius 1 is 1.20 bits per heavy atom. The highest BCUT2D eigenvalue weighted by atomic mass is 35.5. The van der Waals surface area contributed by atoms with Crippen molar-refractivity contribution in [3.63, 3.8) is 0 Å². The van der Waals surface area contributed by atoms with Gasteiger partial charge in [0.1, 0.15) is 0 Å². The van der Waals surface area contributed by atoms with Crippen LogP contribution in [0.3, 0.4) is 0 Å². The van der Waals surface area contributed by atoms with E-state index in [-0.39, 0.29) is 5.24 Å². The topological polar surface area (TPSA) is 29.5 Å². The Kier molecular flexibility index (Phi) is 7.88. The molecule has 0 fully saturated rings. The Balaban J connectivity index is 2.27. The van der Waals surface area contributed by atoms with E-state index in [9.17, 15) is 4.79 Å². The first kappa shape index (κ1) is 17.8. The lowest BCUT2D eigenvalue weighted by atomic mass is 10.3. The highest BCUT2D eigenvalue weighted by molar-refractivity contribution is 8.13. The fourth-order valence-electron chi connectivity index (χ4n) is 1.33. The third-order valence-electron chi connectivity index (χ3n) is 2.34. The van der Waals surface area contributed by atoms with E-state index in [0.717, 1.165) is 18.6 Å². The van der Waals surface area contributed by atoms with Crippen LogP contribution in [0.5, 0.6) is 5.75 Å². The zero-order chi connectivity index (χ0) is 15.1. The lowest BCUT2D eigenvalue weighted by Gasteiger charge is -2.11. The first-order valence-corrected chi connectivity index (χ1v) is 8.15. The molecule has 0 aromatic heterocycles. The van der Waals surface area contributed by atoms with Gasteiger partial charge in [-0.3, -0.25) is 4.79 Å². The van der Waals surface area contributed by atoms with E-state index in [2.05, 4.69) is 0 Å². The largest absolute Gasteiger partial charge is 0.490 e. The fraction of sp³-hybridized carbons (Fsp3) is 0.462. The number of thioether (sulfide) groups is 1. The van der Waals surface area contributed by atoms with Crippen LogP contribution in [0.15, 0.2) is 12.1 Å². The maximum atomic E-state index is 11.3. The number of unbranched alkanes of at least 4 members (excludes halogenated alkanes) is 1. The lowest BCUT2D eigenvalue weighted by molar-refractivity contribution is 0.241. The van der Waals surface area contributed by atoms with Gasteiger partial charge in [-0.05, 0) is 25.0 Å². The van der Waals surface area contributed by atoms with Crippen LogP contribution in [0.2, 0.25) is 15.1 Å². The molecule has 0 aliphatic rings. The third-order valence-corrected chi connectivity index (χ3v) is 4.22. The molecule has 20 heavy (non-hydrogen) atoms. The van der Waals surface area contributed by atoms with Gasteiger partial charge in [-0.2, -0.15) is 0 Å². The average Bonchev–Trinajstić information content (AvgIpc) is 2.35. The van der Waals surface area contributed by atoms with Gasteiger partial charge in [-0.25, -0.2) is 0 Å². The standard InChI is InChI=1S/C13H16Cl3NO2S/c1-17(2)13(18)20-6-4-3-5-19-12-10(15)7-9(14)8-11(12)16/h7-8H,3-6H2,1-2H3. The maximum absolute atomic E-state index is 11.3. The molecule has 0 radical (unpaired) electrons. The van der Waals surface area contributed by atoms with Gasteiger partial charge >= 0.3 is 0 Å². The van der Waals surface area contributed by atoms with Gasteiger partial charge in [0.15, 0.2) is 5.75 Å². The minimum Gasteiger partial charge on any atom is -0.490 e. The van der Waals surface area contributed by atoms with Crippen LogP contribution in [0.4, 0.5) is 4.79 Å². The van der Waals surface area contributed by atoms with E-state index in [4.69, 9.17) is 39.5 Å². The van der Waals surface area contributed by atoms with Crippen molar-refractivity contribution in [3.05, 3.63) is 27.2 Å². The monoisotopic (exact) mass is 355 g/mol. The summed E-state index contributed by atoms with van der Waals surface area (Å²) in [5, 5.41) is 1.35. The Bertz CT molecular complexity index is 446. The second kappa shape index (κ2) is 8.88. The SMILES string of the molecule is CN(C)C(=O)SCCCCOc1c(Cl)cc(Cl)cc1Cl. The number of ether oxygens (including phenoxy) is 1. The molecule has 1 aromatic carbocycles. The minimum atomic E-state index is 0.0645. The number of carbonyl (C=O) groups excluding carboxylic acids is 1. The second-order valence-corrected chi connectivity index (χ2v) is 6.56. The van der Waals surface area contributed by atoms with Crippen LogP contribution in [0, 0.1) is 0 Å². The summed E-state index contributed by atoms with van der Waals surface area (Å²) in [6.07, 6.45) is 1.70. The highest BCUT2D eigenvalue weighted by Gasteiger charge is 2.09. The van der Waals surface area contributed by atoms with Crippen molar-refractivity contribution in [3.8, 4) is 5.75 Å². The summed E-state index contributed by atoms with van der Waals surface area (Å²) in [4.78, 5) is 12.9. The number of carbonyl (C=O) groups is 1. The average molecular weight is 357 g/mol. The molecule has 0 saturated carbocycles. The summed E-state index contributed by atoms with van der Waals surface area (Å²) >= 11 is 19.1. The van der Waals surface area contributed by atoms with E-state index in [1.54, 1.807) is 31.1 Å². The summed E-state index contributed by atoms with van der Waals surface area (Å²) in [7, 11) is 3.48. The molecule has 0 unspecified atom stereocenters. The van der Waals surface area contributed by atoms with Gasteiger partial charge in [-0.15, -0.1) is 0 Å². The predicted molar refractivity (Wildman–Crippen MR) is 87.7 cm³/mol. The van der Waals surface area contributed by atoms with Crippen LogP contribution in [0.25, 0.3) is 0 Å². The van der Waals surface area contributed by atoms with Crippen LogP contribution < -0.4 is 4.74 Å². The molecule has 0 atom stereocenters. The molecule has 0 N–H and O–H groups in total. The molecule has 7 heteroatoms. The van der Waals surface area contributed by atoms with Crippen LogP contribution in [-0.4, -0.2) is 36.6 Å². The summed E-state index contributed by atoms with van der Waals surface area (Å²) in [5.74, 6) is 1.22. The summed E-state index contributed by atoms with van der Waals surface area (Å²) < 4.78 is 5.55. The van der Waals surface area contributed by atoms with Gasteiger partial charge in [0.25, 0.3) is 5.24 Å². The second-order valence-electron chi connectivity index (χ2n) is 4.26. The van der Waals surface area contributed by atoms with Crippen molar-refractivity contribution < 1.29 is 9.53 Å². The van der Waals surface area contributed by atoms with Crippen LogP contribution in [-0.2, 0) is 0 Å². The van der Waals surface area contributed by atoms with Gasteiger partial charge in [-0.1, -0.05) is 46.6 Å². The molecule has 112 valence electrons. The summed E-state index contributed by atoms with van der Waals surface area (Å²) in [6, 6.07) is 3.19. The smallest absolute Gasteiger partial charge is 0.281 e. The van der Waals surface area contributed by atoms with E-state index >= 15 is 0 Å². The van der Waals surface area contributed by atoms with Gasteiger partial charge in [0, 0.05) is 24.9 Å². The van der Waals surface area contributed by atoms with E-state index in [1.807, 2.05) is 0 Å². The molecule has 1 amide bonds. The van der Waals surface area contributed by atoms with Crippen molar-refractivity contribution in [2.45, 2.75) is 12.8 Å². The lowest BCUT2D eigenvalue weighted by Crippen LogP contribution is -2.16. The quantitative estimate of drug-likeness (QED) is 0.654. The van der Waals surface area contributed by atoms with Crippen LogP contribution in [0.1, 0.15) is 12.8 Å². The maximum Gasteiger partial charge on any atom is 0.281 e. The molecule has 0 aliphatic heterocycles. The zero-order valence-electron chi connectivity index (χ0n) is 11.3. The Hall–Kier alpha value is -0.290. The van der Waals surface area contributed by atoms with Crippen molar-refractivity contribution >= 4 is 51.8 Å². The Morgan fingerprint density at radius 3 is 2.35 bits per heavy atom. The highest BCUT2D eigenvalue weighted by Crippen LogP contribution is 2.35. The van der Waals surface area contributed by atoms with Gasteiger partial charge < -0.3 is 9.64 Å². The molecule has 0 aliphatic carbocycles. The summed E-state index contributed by atoms with van der Waals surface area (Å²) in [5.41, 5.74) is 0. The molecular weight excluding hydrogens is 341 g/mol. The van der Waals surface area contributed by atoms with E-state index in [0.29, 0.717) is 27.4 Å². The molecule has 3 nitrogen and oxygen atoms in total. The van der Waals surface area contributed by atoms with Crippen molar-refractivity contribution in [2.24, 2.45) is 0 Å². The molecule has 0 bridgehead atoms. The number of hydrogen-bond acceptors (Lipinski definition) is 3. The third kappa shape index (κ3) is 6.00. The van der Waals surface area contributed by atoms with Crippen LogP contribution >= 0.6 is 46.6 Å². The minimum absolute atomic E-state index is 0.0645. The number of amides is 1. The van der Waals surface area contributed by atoms with E-state index < -0.39 is 0 Å². The molecule has 1 aromatic rings. The van der Waals surface area contributed by atoms with Crippen molar-refractivity contribution in [1.82, 2.24) is 4.90 Å². The van der Waals surface area contributed by atoms with Crippen molar-refractivity contribution in [1.29, 1.82) is 0 Å². The first-order chi connectivity index (χ1) is 9.41. The molecule has 0 heterocycles. The molecular formula is C13H16Cl3NO2S. The van der Waals surface area contributed by atoms with Gasteiger partial charge in [0.2, 0.25) is 0 Å². The first-order valence-electron chi connectivity index (χ1n) is 6.03. The Labute approximate surface area is 138 Å². The number of hydrogen-bond donors (Lipinski definition) is 0. The molecule has 1 rings (SSSR count). The predicted octanol–water partition coefficient (Wildman–Crippen LogP) is 5.22. The zero-order valence-corrected chi connectivity index (χ0v) is 14.4. The van der Waals surface area contributed by atoms with E-state index in [1.165, 1.54) is 11.8 Å². The normalized spacial score (nSPS) is 10.4.